The predicted molar refractivity (Wildman–Crippen MR) is 96.1 cm³/mol. The number of anilines is 1. The number of nitrogens with two attached hydrogens (primary N) is 1. The highest BCUT2D eigenvalue weighted by atomic mass is 127. The molecule has 0 amide bonds. The Morgan fingerprint density at radius 3 is 2.62 bits per heavy atom. The molecule has 0 unspecified atom stereocenters. The first-order valence-corrected chi connectivity index (χ1v) is 8.08. The fourth-order valence-electron chi connectivity index (χ4n) is 2.46. The summed E-state index contributed by atoms with van der Waals surface area (Å²) in [6.45, 7) is 2.14. The third kappa shape index (κ3) is 2.72. The molecular weight excluding hydrogens is 373 g/mol. The predicted octanol–water partition coefficient (Wildman–Crippen LogP) is 4.44. The molecule has 3 aromatic rings. The van der Waals surface area contributed by atoms with Crippen molar-refractivity contribution in [2.24, 2.45) is 0 Å². The normalized spacial score (nSPS) is 11.0. The fourth-order valence-corrected chi connectivity index (χ4v) is 2.97. The lowest BCUT2D eigenvalue weighted by Gasteiger charge is -2.10. The van der Waals surface area contributed by atoms with Crippen molar-refractivity contribution in [1.82, 2.24) is 9.97 Å². The lowest BCUT2D eigenvalue weighted by atomic mass is 10.0. The minimum absolute atomic E-state index is 0.567. The van der Waals surface area contributed by atoms with Gasteiger partial charge in [-0.2, -0.15) is 0 Å². The topological polar surface area (TPSA) is 51.8 Å². The summed E-state index contributed by atoms with van der Waals surface area (Å²) >= 11 is 2.23. The van der Waals surface area contributed by atoms with Gasteiger partial charge in [0.05, 0.1) is 9.26 Å². The molecule has 0 atom stereocenters. The lowest BCUT2D eigenvalue weighted by Crippen LogP contribution is -2.05. The van der Waals surface area contributed by atoms with Gasteiger partial charge in [-0.05, 0) is 39.8 Å². The van der Waals surface area contributed by atoms with Crippen molar-refractivity contribution < 1.29 is 0 Å². The molecule has 21 heavy (non-hydrogen) atoms. The second-order valence-corrected chi connectivity index (χ2v) is 6.05. The lowest BCUT2D eigenvalue weighted by molar-refractivity contribution is 0.869. The Hall–Kier alpha value is -1.69. The van der Waals surface area contributed by atoms with Gasteiger partial charge in [0.2, 0.25) is 0 Å². The molecule has 0 aliphatic carbocycles. The van der Waals surface area contributed by atoms with Crippen LogP contribution in [0.3, 0.4) is 0 Å². The molecule has 3 nitrogen and oxygen atoms in total. The summed E-state index contributed by atoms with van der Waals surface area (Å²) in [6.07, 6.45) is 1.96. The van der Waals surface area contributed by atoms with Gasteiger partial charge in [-0.3, -0.25) is 0 Å². The highest BCUT2D eigenvalue weighted by molar-refractivity contribution is 14.1. The second-order valence-electron chi connectivity index (χ2n) is 4.97. The van der Waals surface area contributed by atoms with Crippen LogP contribution in [0.5, 0.6) is 0 Å². The SMILES string of the molecule is CCCc1nc(-c2cccc3ccccc23)nc(N)c1I. The number of hydrogen-bond acceptors (Lipinski definition) is 3. The quantitative estimate of drug-likeness (QED) is 0.674. The number of rotatable bonds is 3. The molecule has 1 aromatic heterocycles. The maximum absolute atomic E-state index is 6.07. The zero-order valence-electron chi connectivity index (χ0n) is 11.8. The summed E-state index contributed by atoms with van der Waals surface area (Å²) < 4.78 is 0.971. The Morgan fingerprint density at radius 2 is 1.81 bits per heavy atom. The molecule has 1 heterocycles. The van der Waals surface area contributed by atoms with Crippen molar-refractivity contribution in [3.8, 4) is 11.4 Å². The molecule has 0 fully saturated rings. The number of halogens is 1. The summed E-state index contributed by atoms with van der Waals surface area (Å²) in [5.41, 5.74) is 8.15. The van der Waals surface area contributed by atoms with Crippen molar-refractivity contribution in [2.75, 3.05) is 5.73 Å². The van der Waals surface area contributed by atoms with E-state index in [4.69, 9.17) is 10.7 Å². The average molecular weight is 389 g/mol. The maximum atomic E-state index is 6.07. The van der Waals surface area contributed by atoms with Crippen molar-refractivity contribution in [2.45, 2.75) is 19.8 Å². The number of hydrogen-bond donors (Lipinski definition) is 1. The molecule has 0 saturated heterocycles. The molecule has 2 aromatic carbocycles. The van der Waals surface area contributed by atoms with E-state index in [2.05, 4.69) is 58.8 Å². The van der Waals surface area contributed by atoms with E-state index in [1.54, 1.807) is 0 Å². The number of aryl methyl sites for hydroxylation is 1. The number of fused-ring (bicyclic) bond motifs is 1. The third-order valence-corrected chi connectivity index (χ3v) is 4.64. The first kappa shape index (κ1) is 14.3. The van der Waals surface area contributed by atoms with Crippen molar-refractivity contribution in [3.63, 3.8) is 0 Å². The van der Waals surface area contributed by atoms with Gasteiger partial charge in [0.25, 0.3) is 0 Å². The Balaban J connectivity index is 2.23. The Morgan fingerprint density at radius 1 is 1.05 bits per heavy atom. The van der Waals surface area contributed by atoms with Crippen molar-refractivity contribution in [3.05, 3.63) is 51.7 Å². The van der Waals surface area contributed by atoms with E-state index in [-0.39, 0.29) is 0 Å². The number of nitrogens with zero attached hydrogens (tertiary/aromatic N) is 2. The van der Waals surface area contributed by atoms with Gasteiger partial charge in [-0.25, -0.2) is 9.97 Å². The van der Waals surface area contributed by atoms with Crippen LogP contribution < -0.4 is 5.73 Å². The van der Waals surface area contributed by atoms with Crippen LogP contribution in [-0.4, -0.2) is 9.97 Å². The van der Waals surface area contributed by atoms with E-state index in [1.807, 2.05) is 18.2 Å². The Kier molecular flexibility index (Phi) is 4.05. The van der Waals surface area contributed by atoms with E-state index in [0.717, 1.165) is 33.1 Å². The van der Waals surface area contributed by atoms with E-state index in [9.17, 15) is 0 Å². The zero-order valence-corrected chi connectivity index (χ0v) is 14.0. The van der Waals surface area contributed by atoms with Gasteiger partial charge in [0, 0.05) is 5.56 Å². The van der Waals surface area contributed by atoms with Crippen LogP contribution in [0.25, 0.3) is 22.2 Å². The number of benzene rings is 2. The standard InChI is InChI=1S/C17H16IN3/c1-2-6-14-15(18)16(19)21-17(20-14)13-10-5-8-11-7-3-4-9-12(11)13/h3-5,7-10H,2,6H2,1H3,(H2,19,20,21). The number of nitrogen functional groups attached to an aromatic ring is 1. The van der Waals surface area contributed by atoms with Gasteiger partial charge in [-0.1, -0.05) is 55.8 Å². The minimum atomic E-state index is 0.567. The van der Waals surface area contributed by atoms with Crippen LogP contribution in [0, 0.1) is 3.57 Å². The molecule has 0 aliphatic heterocycles. The maximum Gasteiger partial charge on any atom is 0.162 e. The molecule has 0 radical (unpaired) electrons. The second kappa shape index (κ2) is 5.97. The van der Waals surface area contributed by atoms with Crippen LogP contribution in [0.4, 0.5) is 5.82 Å². The Labute approximate surface area is 137 Å². The number of aromatic nitrogens is 2. The average Bonchev–Trinajstić information content (AvgIpc) is 2.51. The summed E-state index contributed by atoms with van der Waals surface area (Å²) in [5, 5.41) is 2.34. The smallest absolute Gasteiger partial charge is 0.162 e. The molecule has 0 spiro atoms. The summed E-state index contributed by atoms with van der Waals surface area (Å²) in [4.78, 5) is 9.24. The minimum Gasteiger partial charge on any atom is -0.383 e. The van der Waals surface area contributed by atoms with Gasteiger partial charge in [-0.15, -0.1) is 0 Å². The molecule has 3 rings (SSSR count). The first-order chi connectivity index (χ1) is 10.2. The van der Waals surface area contributed by atoms with Crippen molar-refractivity contribution >= 4 is 39.2 Å². The summed E-state index contributed by atoms with van der Waals surface area (Å²) in [7, 11) is 0. The molecular formula is C17H16IN3. The molecule has 2 N–H and O–H groups in total. The first-order valence-electron chi connectivity index (χ1n) is 7.00. The van der Waals surface area contributed by atoms with E-state index in [0.29, 0.717) is 11.6 Å². The van der Waals surface area contributed by atoms with Crippen LogP contribution >= 0.6 is 22.6 Å². The molecule has 0 aliphatic rings. The van der Waals surface area contributed by atoms with Crippen LogP contribution in [0.15, 0.2) is 42.5 Å². The van der Waals surface area contributed by atoms with Gasteiger partial charge in [0.15, 0.2) is 5.82 Å². The van der Waals surface area contributed by atoms with E-state index in [1.165, 1.54) is 5.39 Å². The highest BCUT2D eigenvalue weighted by Crippen LogP contribution is 2.28. The summed E-state index contributed by atoms with van der Waals surface area (Å²) in [5.74, 6) is 1.28. The Bertz CT molecular complexity index is 794. The van der Waals surface area contributed by atoms with Crippen LogP contribution in [0.1, 0.15) is 19.0 Å². The highest BCUT2D eigenvalue weighted by Gasteiger charge is 2.12. The van der Waals surface area contributed by atoms with Gasteiger partial charge >= 0.3 is 0 Å². The molecule has 4 heteroatoms. The van der Waals surface area contributed by atoms with E-state index < -0.39 is 0 Å². The fraction of sp³-hybridized carbons (Fsp3) is 0.176. The van der Waals surface area contributed by atoms with E-state index >= 15 is 0 Å². The van der Waals surface area contributed by atoms with Gasteiger partial charge in [0.1, 0.15) is 5.82 Å². The summed E-state index contributed by atoms with van der Waals surface area (Å²) in [6, 6.07) is 14.5. The molecule has 0 saturated carbocycles. The molecule has 0 bridgehead atoms. The zero-order chi connectivity index (χ0) is 14.8. The van der Waals surface area contributed by atoms with Gasteiger partial charge < -0.3 is 5.73 Å². The monoisotopic (exact) mass is 389 g/mol. The largest absolute Gasteiger partial charge is 0.383 e. The third-order valence-electron chi connectivity index (χ3n) is 3.46. The molecule has 106 valence electrons. The van der Waals surface area contributed by atoms with Crippen LogP contribution in [0.2, 0.25) is 0 Å². The van der Waals surface area contributed by atoms with Crippen LogP contribution in [-0.2, 0) is 6.42 Å². The van der Waals surface area contributed by atoms with Crippen molar-refractivity contribution in [1.29, 1.82) is 0 Å².